The number of rotatable bonds is 6. The second-order valence-electron chi connectivity index (χ2n) is 8.54. The molecule has 2 atom stereocenters. The van der Waals surface area contributed by atoms with Gasteiger partial charge in [-0.1, -0.05) is 44.2 Å². The fourth-order valence-electron chi connectivity index (χ4n) is 4.07. The number of hydrogen-bond acceptors (Lipinski definition) is 4. The summed E-state index contributed by atoms with van der Waals surface area (Å²) in [6.07, 6.45) is -0.0276. The van der Waals surface area contributed by atoms with E-state index in [0.29, 0.717) is 13.1 Å². The van der Waals surface area contributed by atoms with Crippen molar-refractivity contribution in [3.05, 3.63) is 35.9 Å². The summed E-state index contributed by atoms with van der Waals surface area (Å²) >= 11 is 0. The highest BCUT2D eigenvalue weighted by molar-refractivity contribution is 6.05. The lowest BCUT2D eigenvalue weighted by molar-refractivity contribution is -0.141. The fourth-order valence-corrected chi connectivity index (χ4v) is 4.07. The van der Waals surface area contributed by atoms with Crippen LogP contribution in [0.4, 0.5) is 4.79 Å². The van der Waals surface area contributed by atoms with Gasteiger partial charge >= 0.3 is 12.0 Å². The Hall–Kier alpha value is -2.90. The highest BCUT2D eigenvalue weighted by Gasteiger charge is 2.50. The van der Waals surface area contributed by atoms with Gasteiger partial charge in [0, 0.05) is 19.5 Å². The number of amides is 4. The van der Waals surface area contributed by atoms with E-state index in [1.54, 1.807) is 18.7 Å². The van der Waals surface area contributed by atoms with E-state index in [2.05, 4.69) is 0 Å². The van der Waals surface area contributed by atoms with E-state index in [-0.39, 0.29) is 43.3 Å². The minimum absolute atomic E-state index is 0.0816. The fraction of sp³-hybridized carbons (Fsp3) is 0.524. The van der Waals surface area contributed by atoms with E-state index >= 15 is 0 Å². The number of fused-ring (bicyclic) bond motifs is 1. The van der Waals surface area contributed by atoms with Crippen molar-refractivity contribution in [1.82, 2.24) is 14.7 Å². The molecule has 2 unspecified atom stereocenters. The molecule has 0 radical (unpaired) electrons. The molecule has 1 aromatic carbocycles. The summed E-state index contributed by atoms with van der Waals surface area (Å²) in [5.41, 5.74) is 0.195. The van der Waals surface area contributed by atoms with Gasteiger partial charge in [-0.15, -0.1) is 0 Å². The van der Waals surface area contributed by atoms with Gasteiger partial charge in [-0.05, 0) is 17.9 Å². The quantitative estimate of drug-likeness (QED) is 0.736. The number of imide groups is 1. The van der Waals surface area contributed by atoms with Gasteiger partial charge in [-0.2, -0.15) is 0 Å². The molecule has 2 saturated heterocycles. The van der Waals surface area contributed by atoms with Gasteiger partial charge in [0.05, 0.1) is 19.0 Å². The highest BCUT2D eigenvalue weighted by atomic mass is 16.4. The zero-order valence-electron chi connectivity index (χ0n) is 17.0. The number of hydrogen-bond donors (Lipinski definition) is 1. The van der Waals surface area contributed by atoms with Crippen molar-refractivity contribution in [1.29, 1.82) is 0 Å². The molecule has 1 N–H and O–H groups in total. The molecule has 2 heterocycles. The molecule has 4 amide bonds. The molecule has 8 nitrogen and oxygen atoms in total. The van der Waals surface area contributed by atoms with Gasteiger partial charge in [-0.3, -0.25) is 19.3 Å². The van der Waals surface area contributed by atoms with Crippen molar-refractivity contribution in [2.24, 2.45) is 5.41 Å². The van der Waals surface area contributed by atoms with Crippen LogP contribution in [0, 0.1) is 5.41 Å². The maximum atomic E-state index is 13.0. The number of benzene rings is 1. The normalized spacial score (nSPS) is 20.7. The summed E-state index contributed by atoms with van der Waals surface area (Å²) in [5.74, 6) is -1.44. The molecule has 2 fully saturated rings. The van der Waals surface area contributed by atoms with Crippen LogP contribution in [0.5, 0.6) is 0 Å². The second kappa shape index (κ2) is 7.85. The number of carboxylic acids is 1. The first-order valence-electron chi connectivity index (χ1n) is 9.79. The van der Waals surface area contributed by atoms with Crippen molar-refractivity contribution >= 4 is 23.8 Å². The lowest BCUT2D eigenvalue weighted by Crippen LogP contribution is -2.55. The lowest BCUT2D eigenvalue weighted by atomic mass is 9.85. The molecule has 2 aliphatic heterocycles. The third kappa shape index (κ3) is 4.26. The van der Waals surface area contributed by atoms with Gasteiger partial charge in [0.15, 0.2) is 0 Å². The third-order valence-corrected chi connectivity index (χ3v) is 5.64. The van der Waals surface area contributed by atoms with Crippen molar-refractivity contribution in [3.8, 4) is 0 Å². The van der Waals surface area contributed by atoms with E-state index in [1.165, 1.54) is 9.80 Å². The number of aliphatic carboxylic acids is 1. The third-order valence-electron chi connectivity index (χ3n) is 5.64. The molecule has 2 aliphatic rings. The first-order chi connectivity index (χ1) is 13.6. The minimum atomic E-state index is -0.949. The smallest absolute Gasteiger partial charge is 0.328 e. The zero-order valence-corrected chi connectivity index (χ0v) is 17.0. The first-order valence-corrected chi connectivity index (χ1v) is 9.79. The summed E-state index contributed by atoms with van der Waals surface area (Å²) in [7, 11) is 0. The first kappa shape index (κ1) is 20.8. The van der Waals surface area contributed by atoms with E-state index in [0.717, 1.165) is 5.56 Å². The SMILES string of the molecule is CC(c1ccccc1)N1C(=O)C2CN(C(=O)CC(C)(C)CC(=O)O)CCN2C1=O. The van der Waals surface area contributed by atoms with Crippen molar-refractivity contribution in [3.63, 3.8) is 0 Å². The summed E-state index contributed by atoms with van der Waals surface area (Å²) in [6.45, 7) is 6.07. The summed E-state index contributed by atoms with van der Waals surface area (Å²) in [6, 6.07) is 7.96. The Balaban J connectivity index is 1.70. The van der Waals surface area contributed by atoms with Crippen LogP contribution in [0.15, 0.2) is 30.3 Å². The Morgan fingerprint density at radius 2 is 1.79 bits per heavy atom. The molecule has 0 bridgehead atoms. The van der Waals surface area contributed by atoms with Crippen LogP contribution in [0.1, 0.15) is 45.2 Å². The Morgan fingerprint density at radius 3 is 2.41 bits per heavy atom. The maximum absolute atomic E-state index is 13.0. The van der Waals surface area contributed by atoms with Gasteiger partial charge in [0.1, 0.15) is 6.04 Å². The molecule has 1 aromatic rings. The highest BCUT2D eigenvalue weighted by Crippen LogP contribution is 2.32. The largest absolute Gasteiger partial charge is 0.481 e. The van der Waals surface area contributed by atoms with Crippen LogP contribution in [0.25, 0.3) is 0 Å². The van der Waals surface area contributed by atoms with Crippen molar-refractivity contribution in [2.75, 3.05) is 19.6 Å². The average Bonchev–Trinajstić information content (AvgIpc) is 2.90. The topological polar surface area (TPSA) is 98.2 Å². The predicted molar refractivity (Wildman–Crippen MR) is 105 cm³/mol. The van der Waals surface area contributed by atoms with Gasteiger partial charge in [-0.25, -0.2) is 4.79 Å². The lowest BCUT2D eigenvalue weighted by Gasteiger charge is -2.36. The van der Waals surface area contributed by atoms with Crippen molar-refractivity contribution < 1.29 is 24.3 Å². The van der Waals surface area contributed by atoms with E-state index < -0.39 is 17.4 Å². The minimum Gasteiger partial charge on any atom is -0.481 e. The molecular weight excluding hydrogens is 374 g/mol. The van der Waals surface area contributed by atoms with Gasteiger partial charge in [0.2, 0.25) is 5.91 Å². The Morgan fingerprint density at radius 1 is 1.14 bits per heavy atom. The predicted octanol–water partition coefficient (Wildman–Crippen LogP) is 2.11. The molecule has 156 valence electrons. The van der Waals surface area contributed by atoms with Crippen LogP contribution in [-0.4, -0.2) is 69.3 Å². The molecule has 0 spiro atoms. The van der Waals surface area contributed by atoms with E-state index in [9.17, 15) is 19.2 Å². The molecule has 29 heavy (non-hydrogen) atoms. The number of carbonyl (C=O) groups excluding carboxylic acids is 3. The molecule has 0 aromatic heterocycles. The summed E-state index contributed by atoms with van der Waals surface area (Å²) in [4.78, 5) is 54.0. The Kier molecular flexibility index (Phi) is 5.64. The van der Waals surface area contributed by atoms with E-state index in [4.69, 9.17) is 5.11 Å². The Labute approximate surface area is 170 Å². The number of piperazine rings is 1. The summed E-state index contributed by atoms with van der Waals surface area (Å²) < 4.78 is 0. The number of carboxylic acid groups (broad SMARTS) is 1. The van der Waals surface area contributed by atoms with Crippen molar-refractivity contribution in [2.45, 2.75) is 45.7 Å². The van der Waals surface area contributed by atoms with Crippen LogP contribution >= 0.6 is 0 Å². The molecule has 3 rings (SSSR count). The van der Waals surface area contributed by atoms with Gasteiger partial charge < -0.3 is 14.9 Å². The van der Waals surface area contributed by atoms with Gasteiger partial charge in [0.25, 0.3) is 5.91 Å². The summed E-state index contributed by atoms with van der Waals surface area (Å²) in [5, 5.41) is 9.02. The molecule has 0 saturated carbocycles. The number of carbonyl (C=O) groups is 4. The molecule has 8 heteroatoms. The second-order valence-corrected chi connectivity index (χ2v) is 8.54. The molecule has 0 aliphatic carbocycles. The standard InChI is InChI=1S/C21H27N3O5/c1-14(15-7-5-4-6-8-15)24-19(28)16-13-22(9-10-23(16)20(24)29)17(25)11-21(2,3)12-18(26)27/h4-8,14,16H,9-13H2,1-3H3,(H,26,27). The van der Waals surface area contributed by atoms with Crippen LogP contribution in [0.3, 0.4) is 0 Å². The average molecular weight is 401 g/mol. The van der Waals surface area contributed by atoms with E-state index in [1.807, 2.05) is 37.3 Å². The number of urea groups is 1. The van der Waals surface area contributed by atoms with Crippen LogP contribution in [0.2, 0.25) is 0 Å². The number of nitrogens with zero attached hydrogens (tertiary/aromatic N) is 3. The molecular formula is C21H27N3O5. The maximum Gasteiger partial charge on any atom is 0.328 e. The Bertz CT molecular complexity index is 823. The monoisotopic (exact) mass is 401 g/mol. The van der Waals surface area contributed by atoms with Crippen LogP contribution < -0.4 is 0 Å². The zero-order chi connectivity index (χ0) is 21.3. The van der Waals surface area contributed by atoms with Crippen LogP contribution in [-0.2, 0) is 14.4 Å².